The quantitative estimate of drug-likeness (QED) is 0.797. The van der Waals surface area contributed by atoms with Crippen molar-refractivity contribution in [1.82, 2.24) is 0 Å². The molecule has 2 aromatic carbocycles. The van der Waals surface area contributed by atoms with Crippen molar-refractivity contribution in [2.24, 2.45) is 0 Å². The Morgan fingerprint density at radius 2 is 1.74 bits per heavy atom. The minimum absolute atomic E-state index is 0.0252. The highest BCUT2D eigenvalue weighted by molar-refractivity contribution is 6.31. The number of benzene rings is 2. The molecule has 19 heavy (non-hydrogen) atoms. The second kappa shape index (κ2) is 5.64. The van der Waals surface area contributed by atoms with Gasteiger partial charge in [-0.15, -0.1) is 0 Å². The Bertz CT molecular complexity index is 638. The van der Waals surface area contributed by atoms with Crippen molar-refractivity contribution in [1.29, 1.82) is 5.41 Å². The van der Waals surface area contributed by atoms with Gasteiger partial charge < -0.3 is 10.5 Å². The summed E-state index contributed by atoms with van der Waals surface area (Å²) in [6, 6.07) is 10.3. The molecule has 0 aliphatic carbocycles. The highest BCUT2D eigenvalue weighted by Crippen LogP contribution is 2.24. The predicted octanol–water partition coefficient (Wildman–Crippen LogP) is 4.62. The van der Waals surface area contributed by atoms with Gasteiger partial charge in [0.1, 0.15) is 5.75 Å². The van der Waals surface area contributed by atoms with Crippen LogP contribution in [0.4, 0.5) is 0 Å². The summed E-state index contributed by atoms with van der Waals surface area (Å²) in [5, 5.41) is 19.0. The van der Waals surface area contributed by atoms with Crippen LogP contribution in [0, 0.1) is 12.3 Å². The average molecular weight is 294 g/mol. The Morgan fingerprint density at radius 1 is 1.11 bits per heavy atom. The third kappa shape index (κ3) is 3.28. The second-order valence-corrected chi connectivity index (χ2v) is 5.26. The first-order valence-electron chi connectivity index (χ1n) is 5.78. The summed E-state index contributed by atoms with van der Waals surface area (Å²) in [4.78, 5) is 0. The van der Waals surface area contributed by atoms with Gasteiger partial charge in [-0.25, -0.2) is 0 Å². The van der Waals surface area contributed by atoms with Crippen LogP contribution in [-0.2, 0) is 6.42 Å². The first-order chi connectivity index (χ1) is 8.97. The summed E-state index contributed by atoms with van der Waals surface area (Å²) in [5.74, 6) is 0.0252. The van der Waals surface area contributed by atoms with Crippen LogP contribution >= 0.6 is 23.2 Å². The van der Waals surface area contributed by atoms with Gasteiger partial charge in [0.2, 0.25) is 0 Å². The number of hydrogen-bond donors (Lipinski definition) is 2. The number of hydrogen-bond acceptors (Lipinski definition) is 2. The third-order valence-corrected chi connectivity index (χ3v) is 3.43. The molecule has 0 amide bonds. The topological polar surface area (TPSA) is 44.1 Å². The highest BCUT2D eigenvalue weighted by atomic mass is 35.5. The summed E-state index contributed by atoms with van der Waals surface area (Å²) >= 11 is 11.7. The summed E-state index contributed by atoms with van der Waals surface area (Å²) < 4.78 is 0. The van der Waals surface area contributed by atoms with Gasteiger partial charge >= 0.3 is 0 Å². The van der Waals surface area contributed by atoms with Gasteiger partial charge in [-0.3, -0.25) is 0 Å². The van der Waals surface area contributed by atoms with Crippen LogP contribution in [0.3, 0.4) is 0 Å². The monoisotopic (exact) mass is 293 g/mol. The van der Waals surface area contributed by atoms with Gasteiger partial charge in [-0.1, -0.05) is 29.3 Å². The molecule has 2 N–H and O–H groups in total. The van der Waals surface area contributed by atoms with E-state index in [4.69, 9.17) is 28.6 Å². The second-order valence-electron chi connectivity index (χ2n) is 4.39. The van der Waals surface area contributed by atoms with E-state index < -0.39 is 0 Å². The first kappa shape index (κ1) is 13.9. The summed E-state index contributed by atoms with van der Waals surface area (Å²) in [7, 11) is 0. The molecule has 0 saturated heterocycles. The van der Waals surface area contributed by atoms with Gasteiger partial charge in [0, 0.05) is 27.7 Å². The van der Waals surface area contributed by atoms with Crippen LogP contribution in [-0.4, -0.2) is 10.8 Å². The van der Waals surface area contributed by atoms with E-state index in [0.717, 1.165) is 11.1 Å². The molecular formula is C15H13Cl2NO. The number of nitrogens with one attached hydrogen (secondary N) is 1. The Kier molecular flexibility index (Phi) is 4.13. The van der Waals surface area contributed by atoms with Crippen molar-refractivity contribution < 1.29 is 5.11 Å². The number of aromatic hydroxyl groups is 1. The fourth-order valence-electron chi connectivity index (χ4n) is 1.88. The summed E-state index contributed by atoms with van der Waals surface area (Å²) in [6.45, 7) is 1.97. The van der Waals surface area contributed by atoms with E-state index in [1.54, 1.807) is 12.1 Å². The molecule has 0 heterocycles. The molecule has 0 atom stereocenters. The highest BCUT2D eigenvalue weighted by Gasteiger charge is 2.10. The lowest BCUT2D eigenvalue weighted by molar-refractivity contribution is 0.474. The predicted molar refractivity (Wildman–Crippen MR) is 79.8 cm³/mol. The van der Waals surface area contributed by atoms with Crippen LogP contribution in [0.15, 0.2) is 36.4 Å². The number of aryl methyl sites for hydroxylation is 1. The first-order valence-corrected chi connectivity index (χ1v) is 6.54. The normalized spacial score (nSPS) is 10.5. The van der Waals surface area contributed by atoms with Crippen molar-refractivity contribution >= 4 is 28.9 Å². The zero-order valence-corrected chi connectivity index (χ0v) is 11.9. The fraction of sp³-hybridized carbons (Fsp3) is 0.133. The average Bonchev–Trinajstić information content (AvgIpc) is 2.33. The van der Waals surface area contributed by atoms with Gasteiger partial charge in [0.15, 0.2) is 0 Å². The molecule has 0 unspecified atom stereocenters. The van der Waals surface area contributed by atoms with Crippen LogP contribution in [0.5, 0.6) is 5.75 Å². The van der Waals surface area contributed by atoms with Crippen LogP contribution in [0.1, 0.15) is 16.7 Å². The molecule has 0 aromatic heterocycles. The third-order valence-electron chi connectivity index (χ3n) is 2.96. The van der Waals surface area contributed by atoms with Crippen LogP contribution in [0.25, 0.3) is 0 Å². The number of phenols is 1. The largest absolute Gasteiger partial charge is 0.507 e. The molecule has 0 saturated carbocycles. The number of phenolic OH excluding ortho intramolecular Hbond substituents is 1. The molecule has 0 bridgehead atoms. The summed E-state index contributed by atoms with van der Waals surface area (Å²) in [5.41, 5.74) is 2.87. The van der Waals surface area contributed by atoms with E-state index in [2.05, 4.69) is 0 Å². The molecular weight excluding hydrogens is 281 g/mol. The standard InChI is InChI=1S/C15H13Cl2NO/c1-9-2-3-11(16)6-10(9)7-14(18)13-5-4-12(17)8-15(13)19/h2-6,8,18-19H,7H2,1H3. The lowest BCUT2D eigenvalue weighted by atomic mass is 9.98. The smallest absolute Gasteiger partial charge is 0.126 e. The molecule has 0 spiro atoms. The molecule has 2 aromatic rings. The van der Waals surface area contributed by atoms with Crippen molar-refractivity contribution in [3.8, 4) is 5.75 Å². The van der Waals surface area contributed by atoms with Crippen molar-refractivity contribution in [3.05, 3.63) is 63.1 Å². The Labute approximate surface area is 122 Å². The molecule has 98 valence electrons. The summed E-state index contributed by atoms with van der Waals surface area (Å²) in [6.07, 6.45) is 0.418. The van der Waals surface area contributed by atoms with E-state index in [1.807, 2.05) is 25.1 Å². The molecule has 0 aliphatic heterocycles. The van der Waals surface area contributed by atoms with E-state index >= 15 is 0 Å². The van der Waals surface area contributed by atoms with Crippen molar-refractivity contribution in [3.63, 3.8) is 0 Å². The van der Waals surface area contributed by atoms with Crippen molar-refractivity contribution in [2.75, 3.05) is 0 Å². The molecule has 0 radical (unpaired) electrons. The molecule has 2 nitrogen and oxygen atoms in total. The minimum Gasteiger partial charge on any atom is -0.507 e. The van der Waals surface area contributed by atoms with E-state index in [1.165, 1.54) is 6.07 Å². The molecule has 4 heteroatoms. The minimum atomic E-state index is 0.0252. The molecule has 2 rings (SSSR count). The van der Waals surface area contributed by atoms with Crippen LogP contribution < -0.4 is 0 Å². The zero-order valence-electron chi connectivity index (χ0n) is 10.4. The Balaban J connectivity index is 2.28. The van der Waals surface area contributed by atoms with Gasteiger partial charge in [-0.05, 0) is 48.4 Å². The molecule has 0 fully saturated rings. The van der Waals surface area contributed by atoms with E-state index in [0.29, 0.717) is 27.7 Å². The molecule has 0 aliphatic rings. The van der Waals surface area contributed by atoms with Gasteiger partial charge in [0.05, 0.1) is 0 Å². The van der Waals surface area contributed by atoms with Crippen molar-refractivity contribution in [2.45, 2.75) is 13.3 Å². The zero-order chi connectivity index (χ0) is 14.0. The van der Waals surface area contributed by atoms with Crippen LogP contribution in [0.2, 0.25) is 10.0 Å². The Hall–Kier alpha value is -1.51. The lowest BCUT2D eigenvalue weighted by Gasteiger charge is -2.09. The number of halogens is 2. The Morgan fingerprint density at radius 3 is 2.42 bits per heavy atom. The number of rotatable bonds is 3. The van der Waals surface area contributed by atoms with Gasteiger partial charge in [0.25, 0.3) is 0 Å². The lowest BCUT2D eigenvalue weighted by Crippen LogP contribution is -2.05. The van der Waals surface area contributed by atoms with Gasteiger partial charge in [-0.2, -0.15) is 0 Å². The SMILES string of the molecule is Cc1ccc(Cl)cc1CC(=N)c1ccc(Cl)cc1O. The maximum Gasteiger partial charge on any atom is 0.126 e. The van der Waals surface area contributed by atoms with E-state index in [9.17, 15) is 5.11 Å². The maximum absolute atomic E-state index is 9.81. The maximum atomic E-state index is 9.81. The van der Waals surface area contributed by atoms with E-state index in [-0.39, 0.29) is 5.75 Å². The fourth-order valence-corrected chi connectivity index (χ4v) is 2.24.